The van der Waals surface area contributed by atoms with E-state index in [1.165, 1.54) is 12.8 Å². The molecule has 3 N–H and O–H groups in total. The maximum atomic E-state index is 5.57. The predicted molar refractivity (Wildman–Crippen MR) is 107 cm³/mol. The van der Waals surface area contributed by atoms with Crippen LogP contribution in [-0.4, -0.2) is 58.1 Å². The van der Waals surface area contributed by atoms with Gasteiger partial charge in [0.1, 0.15) is 0 Å². The maximum Gasteiger partial charge on any atom is 0.225 e. The number of methoxy groups -OCH3 is 1. The summed E-state index contributed by atoms with van der Waals surface area (Å²) in [6, 6.07) is 1.13. The lowest BCUT2D eigenvalue weighted by Gasteiger charge is -2.32. The zero-order chi connectivity index (χ0) is 19.2. The molecule has 8 nitrogen and oxygen atoms in total. The smallest absolute Gasteiger partial charge is 0.225 e. The molecule has 1 aliphatic carbocycles. The van der Waals surface area contributed by atoms with Crippen molar-refractivity contribution in [3.63, 3.8) is 0 Å². The van der Waals surface area contributed by atoms with Crippen molar-refractivity contribution < 1.29 is 4.74 Å². The first-order valence-electron chi connectivity index (χ1n) is 9.14. The SMILES string of the molecule is COc1nc(N)ncc1/C=C/c1cnc(NC2CCC(N(C)C)CC2)nc1. The van der Waals surface area contributed by atoms with E-state index in [2.05, 4.69) is 44.2 Å². The number of nitrogen functional groups attached to an aromatic ring is 1. The van der Waals surface area contributed by atoms with Crippen molar-refractivity contribution in [2.45, 2.75) is 37.8 Å². The first kappa shape index (κ1) is 19.0. The largest absolute Gasteiger partial charge is 0.480 e. The Bertz CT molecular complexity index is 768. The van der Waals surface area contributed by atoms with Gasteiger partial charge in [0.25, 0.3) is 0 Å². The van der Waals surface area contributed by atoms with Gasteiger partial charge in [-0.15, -0.1) is 0 Å². The highest BCUT2D eigenvalue weighted by molar-refractivity contribution is 5.71. The molecule has 2 aromatic rings. The van der Waals surface area contributed by atoms with E-state index in [-0.39, 0.29) is 5.95 Å². The molecular formula is C19H27N7O. The molecule has 0 amide bonds. The minimum absolute atomic E-state index is 0.183. The fraction of sp³-hybridized carbons (Fsp3) is 0.474. The first-order valence-corrected chi connectivity index (χ1v) is 9.14. The third-order valence-corrected chi connectivity index (χ3v) is 4.88. The monoisotopic (exact) mass is 369 g/mol. The van der Waals surface area contributed by atoms with E-state index in [9.17, 15) is 0 Å². The Hall–Kier alpha value is -2.74. The summed E-state index contributed by atoms with van der Waals surface area (Å²) in [5.74, 6) is 1.29. The van der Waals surface area contributed by atoms with Gasteiger partial charge in [0.05, 0.1) is 12.7 Å². The summed E-state index contributed by atoms with van der Waals surface area (Å²) >= 11 is 0. The van der Waals surface area contributed by atoms with Crippen LogP contribution in [0.25, 0.3) is 12.2 Å². The summed E-state index contributed by atoms with van der Waals surface area (Å²) in [6.07, 6.45) is 13.7. The van der Waals surface area contributed by atoms with Gasteiger partial charge in [0.2, 0.25) is 17.8 Å². The summed E-state index contributed by atoms with van der Waals surface area (Å²) in [6.45, 7) is 0. The number of hydrogen-bond donors (Lipinski definition) is 2. The van der Waals surface area contributed by atoms with Crippen LogP contribution in [0.2, 0.25) is 0 Å². The molecule has 1 saturated carbocycles. The number of ether oxygens (including phenoxy) is 1. The molecule has 1 aliphatic rings. The third-order valence-electron chi connectivity index (χ3n) is 4.88. The van der Waals surface area contributed by atoms with Gasteiger partial charge in [0.15, 0.2) is 0 Å². The van der Waals surface area contributed by atoms with E-state index in [4.69, 9.17) is 10.5 Å². The standard InChI is InChI=1S/C19H27N7O/c1-26(2)16-8-6-15(7-9-16)24-19-22-10-13(11-23-19)4-5-14-12-21-18(20)25-17(14)27-3/h4-5,10-12,15-16H,6-9H2,1-3H3,(H2,20,21,25)(H,22,23,24)/b5-4+. The number of hydrogen-bond acceptors (Lipinski definition) is 8. The van der Waals surface area contributed by atoms with Gasteiger partial charge in [-0.2, -0.15) is 4.98 Å². The minimum Gasteiger partial charge on any atom is -0.480 e. The quantitative estimate of drug-likeness (QED) is 0.800. The molecule has 0 radical (unpaired) electrons. The molecule has 27 heavy (non-hydrogen) atoms. The van der Waals surface area contributed by atoms with Crippen molar-refractivity contribution in [2.24, 2.45) is 0 Å². The van der Waals surface area contributed by atoms with Crippen LogP contribution >= 0.6 is 0 Å². The van der Waals surface area contributed by atoms with Crippen molar-refractivity contribution >= 4 is 24.0 Å². The van der Waals surface area contributed by atoms with Crippen LogP contribution < -0.4 is 15.8 Å². The van der Waals surface area contributed by atoms with E-state index >= 15 is 0 Å². The normalized spacial score (nSPS) is 20.1. The van der Waals surface area contributed by atoms with Gasteiger partial charge in [-0.3, -0.25) is 0 Å². The lowest BCUT2D eigenvalue weighted by atomic mass is 9.91. The molecule has 1 fully saturated rings. The van der Waals surface area contributed by atoms with Crippen LogP contribution in [-0.2, 0) is 0 Å². The summed E-state index contributed by atoms with van der Waals surface area (Å²) in [5, 5.41) is 3.45. The van der Waals surface area contributed by atoms with Crippen molar-refractivity contribution in [3.05, 3.63) is 29.7 Å². The number of rotatable bonds is 6. The molecule has 2 aromatic heterocycles. The summed E-state index contributed by atoms with van der Waals surface area (Å²) in [7, 11) is 5.86. The van der Waals surface area contributed by atoms with Gasteiger partial charge in [-0.1, -0.05) is 6.08 Å². The maximum absolute atomic E-state index is 5.57. The number of nitrogens with one attached hydrogen (secondary N) is 1. The van der Waals surface area contributed by atoms with Crippen LogP contribution in [0.15, 0.2) is 18.6 Å². The fourth-order valence-electron chi connectivity index (χ4n) is 3.27. The lowest BCUT2D eigenvalue weighted by molar-refractivity contribution is 0.221. The Morgan fingerprint density at radius 1 is 1.07 bits per heavy atom. The highest BCUT2D eigenvalue weighted by Crippen LogP contribution is 2.23. The second kappa shape index (κ2) is 8.77. The first-order chi connectivity index (χ1) is 13.0. The Balaban J connectivity index is 1.58. The number of anilines is 2. The van der Waals surface area contributed by atoms with Crippen LogP contribution in [0.5, 0.6) is 5.88 Å². The second-order valence-electron chi connectivity index (χ2n) is 6.98. The molecule has 8 heteroatoms. The minimum atomic E-state index is 0.183. The Kier molecular flexibility index (Phi) is 6.18. The van der Waals surface area contributed by atoms with Gasteiger partial charge in [-0.05, 0) is 45.9 Å². The van der Waals surface area contributed by atoms with E-state index in [1.807, 2.05) is 12.2 Å². The molecular weight excluding hydrogens is 342 g/mol. The van der Waals surface area contributed by atoms with Crippen molar-refractivity contribution in [3.8, 4) is 5.88 Å². The zero-order valence-corrected chi connectivity index (χ0v) is 16.1. The van der Waals surface area contributed by atoms with Crippen LogP contribution in [0, 0.1) is 0 Å². The van der Waals surface area contributed by atoms with Gasteiger partial charge >= 0.3 is 0 Å². The molecule has 0 bridgehead atoms. The second-order valence-corrected chi connectivity index (χ2v) is 6.98. The topological polar surface area (TPSA) is 102 Å². The van der Waals surface area contributed by atoms with Crippen molar-refractivity contribution in [2.75, 3.05) is 32.3 Å². The van der Waals surface area contributed by atoms with E-state index in [1.54, 1.807) is 25.7 Å². The highest BCUT2D eigenvalue weighted by Gasteiger charge is 2.22. The van der Waals surface area contributed by atoms with Gasteiger partial charge in [0, 0.05) is 36.2 Å². The zero-order valence-electron chi connectivity index (χ0n) is 16.1. The molecule has 0 saturated heterocycles. The van der Waals surface area contributed by atoms with Crippen LogP contribution in [0.1, 0.15) is 36.8 Å². The average Bonchev–Trinajstić information content (AvgIpc) is 2.68. The number of aromatic nitrogens is 4. The predicted octanol–water partition coefficient (Wildman–Crippen LogP) is 2.31. The van der Waals surface area contributed by atoms with E-state index in [0.29, 0.717) is 23.9 Å². The van der Waals surface area contributed by atoms with E-state index in [0.717, 1.165) is 24.0 Å². The van der Waals surface area contributed by atoms with Crippen LogP contribution in [0.4, 0.5) is 11.9 Å². The molecule has 0 aromatic carbocycles. The molecule has 0 aliphatic heterocycles. The van der Waals surface area contributed by atoms with Crippen LogP contribution in [0.3, 0.4) is 0 Å². The molecule has 0 unspecified atom stereocenters. The summed E-state index contributed by atoms with van der Waals surface area (Å²) < 4.78 is 5.21. The highest BCUT2D eigenvalue weighted by atomic mass is 16.5. The van der Waals surface area contributed by atoms with Crippen molar-refractivity contribution in [1.29, 1.82) is 0 Å². The molecule has 2 heterocycles. The molecule has 0 atom stereocenters. The summed E-state index contributed by atoms with van der Waals surface area (Å²) in [4.78, 5) is 19.2. The lowest BCUT2D eigenvalue weighted by Crippen LogP contribution is -2.36. The molecule has 144 valence electrons. The summed E-state index contributed by atoms with van der Waals surface area (Å²) in [5.41, 5.74) is 7.20. The van der Waals surface area contributed by atoms with E-state index < -0.39 is 0 Å². The third kappa shape index (κ3) is 5.13. The van der Waals surface area contributed by atoms with Gasteiger partial charge in [-0.25, -0.2) is 15.0 Å². The Morgan fingerprint density at radius 2 is 1.78 bits per heavy atom. The fourth-order valence-corrected chi connectivity index (χ4v) is 3.27. The Labute approximate surface area is 159 Å². The molecule has 0 spiro atoms. The van der Waals surface area contributed by atoms with Gasteiger partial charge < -0.3 is 20.7 Å². The average molecular weight is 369 g/mol. The number of nitrogens with two attached hydrogens (primary N) is 1. The number of nitrogens with zero attached hydrogens (tertiary/aromatic N) is 5. The molecule has 3 rings (SSSR count). The Morgan fingerprint density at radius 3 is 2.41 bits per heavy atom. The van der Waals surface area contributed by atoms with Crippen molar-refractivity contribution in [1.82, 2.24) is 24.8 Å².